The molecule has 1 rings (SSSR count). The molecule has 0 aliphatic heterocycles. The lowest BCUT2D eigenvalue weighted by atomic mass is 10.2. The molecule has 5 heteroatoms. The maximum atomic E-state index is 10.1. The van der Waals surface area contributed by atoms with Gasteiger partial charge in [0.1, 0.15) is 6.17 Å². The van der Waals surface area contributed by atoms with Gasteiger partial charge in [0.15, 0.2) is 0 Å². The van der Waals surface area contributed by atoms with Crippen LogP contribution in [-0.2, 0) is 6.54 Å². The predicted molar refractivity (Wildman–Crippen MR) is 53.1 cm³/mol. The van der Waals surface area contributed by atoms with Crippen LogP contribution in [0.4, 0.5) is 0 Å². The fraction of sp³-hybridized carbons (Fsp3) is 0.333. The van der Waals surface area contributed by atoms with Crippen LogP contribution >= 0.6 is 0 Å². The van der Waals surface area contributed by atoms with E-state index < -0.39 is 11.1 Å². The summed E-state index contributed by atoms with van der Waals surface area (Å²) in [5, 5.41) is 13.0. The van der Waals surface area contributed by atoms with E-state index in [1.807, 2.05) is 30.3 Å². The van der Waals surface area contributed by atoms with Crippen LogP contribution in [0.5, 0.6) is 0 Å². The third-order valence-electron chi connectivity index (χ3n) is 1.76. The van der Waals surface area contributed by atoms with Crippen molar-refractivity contribution in [1.82, 2.24) is 5.32 Å². The van der Waals surface area contributed by atoms with Crippen molar-refractivity contribution in [2.45, 2.75) is 12.7 Å². The van der Waals surface area contributed by atoms with Crippen molar-refractivity contribution in [1.29, 1.82) is 0 Å². The molecule has 0 aromatic heterocycles. The van der Waals surface area contributed by atoms with Crippen LogP contribution in [0.15, 0.2) is 30.3 Å². The number of benzene rings is 1. The second-order valence-electron chi connectivity index (χ2n) is 2.99. The van der Waals surface area contributed by atoms with Gasteiger partial charge in [-0.1, -0.05) is 30.3 Å². The van der Waals surface area contributed by atoms with E-state index in [0.29, 0.717) is 6.54 Å². The zero-order valence-electron chi connectivity index (χ0n) is 7.72. The van der Waals surface area contributed by atoms with E-state index in [4.69, 9.17) is 5.73 Å². The smallest absolute Gasteiger partial charge is 0.231 e. The predicted octanol–water partition coefficient (Wildman–Crippen LogP) is 0.338. The maximum Gasteiger partial charge on any atom is 0.231 e. The van der Waals surface area contributed by atoms with E-state index in [9.17, 15) is 10.1 Å². The number of hydrogen-bond acceptors (Lipinski definition) is 4. The van der Waals surface area contributed by atoms with Gasteiger partial charge in [-0.2, -0.15) is 0 Å². The van der Waals surface area contributed by atoms with Crippen molar-refractivity contribution in [2.24, 2.45) is 5.73 Å². The first-order chi connectivity index (χ1) is 6.68. The summed E-state index contributed by atoms with van der Waals surface area (Å²) in [6, 6.07) is 9.62. The van der Waals surface area contributed by atoms with Gasteiger partial charge < -0.3 is 5.73 Å². The number of nitrogens with one attached hydrogen (secondary N) is 1. The number of nitrogens with zero attached hydrogens (tertiary/aromatic N) is 1. The monoisotopic (exact) mass is 195 g/mol. The molecule has 3 N–H and O–H groups in total. The number of hydrogen-bond donors (Lipinski definition) is 2. The van der Waals surface area contributed by atoms with Crippen LogP contribution in [0.2, 0.25) is 0 Å². The van der Waals surface area contributed by atoms with Gasteiger partial charge in [-0.05, 0) is 5.56 Å². The van der Waals surface area contributed by atoms with Crippen molar-refractivity contribution in [2.75, 3.05) is 6.54 Å². The molecule has 0 saturated carbocycles. The summed E-state index contributed by atoms with van der Waals surface area (Å²) >= 11 is 0. The van der Waals surface area contributed by atoms with Gasteiger partial charge >= 0.3 is 0 Å². The standard InChI is InChI=1S/C9H13N3O2/c10-9(7-12(13)14)11-6-8-4-2-1-3-5-8/h1-5,9,11H,6-7,10H2. The van der Waals surface area contributed by atoms with E-state index in [1.54, 1.807) is 0 Å². The third kappa shape index (κ3) is 3.97. The second kappa shape index (κ2) is 5.31. The summed E-state index contributed by atoms with van der Waals surface area (Å²) in [6.45, 7) is 0.294. The van der Waals surface area contributed by atoms with Crippen LogP contribution in [0.25, 0.3) is 0 Å². The zero-order valence-corrected chi connectivity index (χ0v) is 7.72. The van der Waals surface area contributed by atoms with Crippen LogP contribution < -0.4 is 11.1 Å². The molecule has 5 nitrogen and oxygen atoms in total. The van der Waals surface area contributed by atoms with Gasteiger partial charge in [0.2, 0.25) is 6.54 Å². The van der Waals surface area contributed by atoms with E-state index >= 15 is 0 Å². The Bertz CT molecular complexity index is 289. The van der Waals surface area contributed by atoms with Crippen molar-refractivity contribution in [3.63, 3.8) is 0 Å². The normalized spacial score (nSPS) is 12.4. The molecular weight excluding hydrogens is 182 g/mol. The number of nitro groups is 1. The van der Waals surface area contributed by atoms with Crippen molar-refractivity contribution < 1.29 is 4.92 Å². The topological polar surface area (TPSA) is 81.2 Å². The van der Waals surface area contributed by atoms with Gasteiger partial charge in [-0.25, -0.2) is 0 Å². The molecule has 0 amide bonds. The second-order valence-corrected chi connectivity index (χ2v) is 2.99. The fourth-order valence-electron chi connectivity index (χ4n) is 1.07. The lowest BCUT2D eigenvalue weighted by molar-refractivity contribution is -0.483. The molecule has 0 radical (unpaired) electrons. The highest BCUT2D eigenvalue weighted by Crippen LogP contribution is 1.97. The zero-order chi connectivity index (χ0) is 10.4. The van der Waals surface area contributed by atoms with Gasteiger partial charge in [0.05, 0.1) is 0 Å². The lowest BCUT2D eigenvalue weighted by Crippen LogP contribution is -2.42. The highest BCUT2D eigenvalue weighted by Gasteiger charge is 2.07. The van der Waals surface area contributed by atoms with Crippen molar-refractivity contribution in [3.05, 3.63) is 46.0 Å². The van der Waals surface area contributed by atoms with E-state index in [1.165, 1.54) is 0 Å². The first kappa shape index (κ1) is 10.6. The van der Waals surface area contributed by atoms with Gasteiger partial charge in [0, 0.05) is 11.5 Å². The van der Waals surface area contributed by atoms with Crippen molar-refractivity contribution in [3.8, 4) is 0 Å². The first-order valence-electron chi connectivity index (χ1n) is 4.33. The first-order valence-corrected chi connectivity index (χ1v) is 4.33. The minimum atomic E-state index is -0.592. The molecule has 0 saturated heterocycles. The summed E-state index contributed by atoms with van der Waals surface area (Å²) < 4.78 is 0. The van der Waals surface area contributed by atoms with Gasteiger partial charge in [-0.15, -0.1) is 0 Å². The molecule has 1 atom stereocenters. The van der Waals surface area contributed by atoms with Gasteiger partial charge in [0.25, 0.3) is 0 Å². The van der Waals surface area contributed by atoms with E-state index in [2.05, 4.69) is 5.32 Å². The molecule has 0 aliphatic carbocycles. The molecular formula is C9H13N3O2. The Morgan fingerprint density at radius 2 is 2.07 bits per heavy atom. The highest BCUT2D eigenvalue weighted by molar-refractivity contribution is 5.14. The molecule has 0 spiro atoms. The van der Waals surface area contributed by atoms with Crippen LogP contribution in [-0.4, -0.2) is 17.6 Å². The number of nitrogens with two attached hydrogens (primary N) is 1. The SMILES string of the molecule is NC(C[N+](=O)[O-])NCc1ccccc1. The fourth-order valence-corrected chi connectivity index (χ4v) is 1.07. The minimum absolute atomic E-state index is 0.257. The average Bonchev–Trinajstić information content (AvgIpc) is 2.15. The number of rotatable bonds is 5. The molecule has 0 bridgehead atoms. The summed E-state index contributed by atoms with van der Waals surface area (Å²) in [5.41, 5.74) is 6.53. The Kier molecular flexibility index (Phi) is 4.03. The average molecular weight is 195 g/mol. The molecule has 14 heavy (non-hydrogen) atoms. The molecule has 0 aliphatic rings. The Morgan fingerprint density at radius 3 is 2.64 bits per heavy atom. The van der Waals surface area contributed by atoms with E-state index in [-0.39, 0.29) is 6.54 Å². The lowest BCUT2D eigenvalue weighted by Gasteiger charge is -2.09. The van der Waals surface area contributed by atoms with Crippen molar-refractivity contribution >= 4 is 0 Å². The quantitative estimate of drug-likeness (QED) is 0.403. The molecule has 1 aromatic carbocycles. The Hall–Kier alpha value is -1.46. The Labute approximate surface area is 82.1 Å². The summed E-state index contributed by atoms with van der Waals surface area (Å²) in [7, 11) is 0. The Morgan fingerprint density at radius 1 is 1.43 bits per heavy atom. The van der Waals surface area contributed by atoms with E-state index in [0.717, 1.165) is 5.56 Å². The minimum Gasteiger partial charge on any atom is -0.310 e. The maximum absolute atomic E-state index is 10.1. The van der Waals surface area contributed by atoms with Crippen LogP contribution in [0, 0.1) is 10.1 Å². The van der Waals surface area contributed by atoms with Gasteiger partial charge in [-0.3, -0.25) is 15.4 Å². The summed E-state index contributed by atoms with van der Waals surface area (Å²) in [6.07, 6.45) is -0.592. The largest absolute Gasteiger partial charge is 0.310 e. The molecule has 0 heterocycles. The van der Waals surface area contributed by atoms with Crippen LogP contribution in [0.1, 0.15) is 5.56 Å². The Balaban J connectivity index is 2.30. The third-order valence-corrected chi connectivity index (χ3v) is 1.76. The molecule has 1 unspecified atom stereocenters. The highest BCUT2D eigenvalue weighted by atomic mass is 16.6. The molecule has 1 aromatic rings. The summed E-state index contributed by atoms with van der Waals surface area (Å²) in [4.78, 5) is 9.68. The van der Waals surface area contributed by atoms with Crippen LogP contribution in [0.3, 0.4) is 0 Å². The molecule has 0 fully saturated rings. The summed E-state index contributed by atoms with van der Waals surface area (Å²) in [5.74, 6) is 0. The molecule has 76 valence electrons.